The van der Waals surface area contributed by atoms with Crippen LogP contribution in [0.4, 0.5) is 10.6 Å². The topological polar surface area (TPSA) is 112 Å². The van der Waals surface area contributed by atoms with E-state index in [9.17, 15) is 19.2 Å². The minimum atomic E-state index is -0.658. The number of piperidine rings is 1. The number of anilines is 1. The van der Waals surface area contributed by atoms with Crippen LogP contribution in [0.1, 0.15) is 49.5 Å². The smallest absolute Gasteiger partial charge is 0.410 e. The maximum atomic E-state index is 13.0. The number of carbonyl (C=O) groups excluding carboxylic acids is 4. The summed E-state index contributed by atoms with van der Waals surface area (Å²) in [5.41, 5.74) is 0.766. The molecule has 1 aromatic heterocycles. The zero-order chi connectivity index (χ0) is 22.3. The van der Waals surface area contributed by atoms with Gasteiger partial charge >= 0.3 is 6.09 Å². The molecule has 3 aliphatic heterocycles. The normalized spacial score (nSPS) is 21.8. The molecule has 1 N–H and O–H groups in total. The largest absolute Gasteiger partial charge is 0.444 e. The van der Waals surface area contributed by atoms with Crippen molar-refractivity contribution in [1.82, 2.24) is 20.1 Å². The molecule has 3 aliphatic rings. The van der Waals surface area contributed by atoms with Gasteiger partial charge in [0, 0.05) is 49.9 Å². The molecule has 1 aromatic rings. The molecule has 4 amide bonds. The molecule has 2 fully saturated rings. The predicted octanol–water partition coefficient (Wildman–Crippen LogP) is 0.900. The summed E-state index contributed by atoms with van der Waals surface area (Å²) < 4.78 is 5.44. The van der Waals surface area contributed by atoms with Gasteiger partial charge in [0.1, 0.15) is 17.5 Å². The Labute approximate surface area is 180 Å². The lowest BCUT2D eigenvalue weighted by Crippen LogP contribution is -2.52. The number of amides is 4. The predicted molar refractivity (Wildman–Crippen MR) is 110 cm³/mol. The number of piperazine rings is 1. The number of pyridine rings is 1. The lowest BCUT2D eigenvalue weighted by molar-refractivity contribution is -0.136. The second-order valence-corrected chi connectivity index (χ2v) is 9.02. The maximum Gasteiger partial charge on any atom is 0.410 e. The van der Waals surface area contributed by atoms with Crippen LogP contribution in [0.3, 0.4) is 0 Å². The number of nitrogens with zero attached hydrogens (tertiary/aromatic N) is 4. The van der Waals surface area contributed by atoms with Crippen LogP contribution in [0, 0.1) is 0 Å². The summed E-state index contributed by atoms with van der Waals surface area (Å²) in [4.78, 5) is 58.8. The van der Waals surface area contributed by atoms with Crippen molar-refractivity contribution < 1.29 is 23.9 Å². The Bertz CT molecular complexity index is 933. The minimum Gasteiger partial charge on any atom is -0.444 e. The summed E-state index contributed by atoms with van der Waals surface area (Å²) in [5.74, 6) is -0.265. The zero-order valence-electron chi connectivity index (χ0n) is 18.0. The molecule has 0 spiro atoms. The van der Waals surface area contributed by atoms with Gasteiger partial charge < -0.3 is 19.4 Å². The van der Waals surface area contributed by atoms with Crippen LogP contribution < -0.4 is 10.2 Å². The van der Waals surface area contributed by atoms with Crippen molar-refractivity contribution in [2.24, 2.45) is 0 Å². The van der Waals surface area contributed by atoms with Crippen LogP contribution in [0.2, 0.25) is 0 Å². The van der Waals surface area contributed by atoms with Crippen molar-refractivity contribution >= 4 is 29.6 Å². The Morgan fingerprint density at radius 3 is 2.52 bits per heavy atom. The van der Waals surface area contributed by atoms with E-state index in [1.54, 1.807) is 17.2 Å². The van der Waals surface area contributed by atoms with Gasteiger partial charge in [0.2, 0.25) is 11.8 Å². The molecule has 0 aliphatic carbocycles. The minimum absolute atomic E-state index is 0.217. The van der Waals surface area contributed by atoms with Gasteiger partial charge in [-0.1, -0.05) is 0 Å². The van der Waals surface area contributed by atoms with E-state index in [-0.39, 0.29) is 30.9 Å². The number of rotatable bonds is 2. The van der Waals surface area contributed by atoms with Crippen molar-refractivity contribution in [2.45, 2.75) is 51.8 Å². The van der Waals surface area contributed by atoms with Crippen molar-refractivity contribution in [3.63, 3.8) is 0 Å². The van der Waals surface area contributed by atoms with Crippen LogP contribution >= 0.6 is 0 Å². The molecule has 166 valence electrons. The van der Waals surface area contributed by atoms with Gasteiger partial charge in [-0.25, -0.2) is 9.78 Å². The SMILES string of the molecule is CC(C)(C)OC(=O)N1CCN(c2nccc3c2CN(C2CCC(=O)NC2=O)C3=O)CC1. The van der Waals surface area contributed by atoms with Crippen LogP contribution in [-0.2, 0) is 20.9 Å². The number of ether oxygens (including phenoxy) is 1. The van der Waals surface area contributed by atoms with Crippen molar-refractivity contribution in [1.29, 1.82) is 0 Å². The fourth-order valence-electron chi connectivity index (χ4n) is 4.17. The van der Waals surface area contributed by atoms with Gasteiger partial charge in [0.25, 0.3) is 5.91 Å². The molecule has 0 bridgehead atoms. The van der Waals surface area contributed by atoms with E-state index in [2.05, 4.69) is 15.2 Å². The van der Waals surface area contributed by atoms with Crippen molar-refractivity contribution in [2.75, 3.05) is 31.1 Å². The standard InChI is InChI=1S/C21H27N5O5/c1-21(2,3)31-20(30)25-10-8-24(9-11-25)17-14-12-26(19(29)13(14)6-7-22-17)15-4-5-16(27)23-18(15)28/h6-7,15H,4-5,8-12H2,1-3H3,(H,23,27,28). The highest BCUT2D eigenvalue weighted by Gasteiger charge is 2.41. The molecule has 1 unspecified atom stereocenters. The van der Waals surface area contributed by atoms with E-state index >= 15 is 0 Å². The summed E-state index contributed by atoms with van der Waals surface area (Å²) in [6.07, 6.45) is 1.80. The third-order valence-electron chi connectivity index (χ3n) is 5.67. The summed E-state index contributed by atoms with van der Waals surface area (Å²) in [6.45, 7) is 7.90. The fourth-order valence-corrected chi connectivity index (χ4v) is 4.17. The second-order valence-electron chi connectivity index (χ2n) is 9.02. The van der Waals surface area contributed by atoms with E-state index < -0.39 is 17.6 Å². The van der Waals surface area contributed by atoms with Crippen LogP contribution in [0.5, 0.6) is 0 Å². The highest BCUT2D eigenvalue weighted by atomic mass is 16.6. The quantitative estimate of drug-likeness (QED) is 0.695. The van der Waals surface area contributed by atoms with Gasteiger partial charge in [-0.3, -0.25) is 19.7 Å². The highest BCUT2D eigenvalue weighted by molar-refractivity contribution is 6.05. The van der Waals surface area contributed by atoms with E-state index in [4.69, 9.17) is 4.74 Å². The van der Waals surface area contributed by atoms with Crippen LogP contribution in [-0.4, -0.2) is 76.4 Å². The Balaban J connectivity index is 1.47. The van der Waals surface area contributed by atoms with Crippen molar-refractivity contribution in [3.05, 3.63) is 23.4 Å². The summed E-state index contributed by atoms with van der Waals surface area (Å²) >= 11 is 0. The molecule has 2 saturated heterocycles. The third kappa shape index (κ3) is 4.19. The summed E-state index contributed by atoms with van der Waals surface area (Å²) in [6, 6.07) is 1.01. The molecule has 0 saturated carbocycles. The Morgan fingerprint density at radius 1 is 1.16 bits per heavy atom. The fraction of sp³-hybridized carbons (Fsp3) is 0.571. The third-order valence-corrected chi connectivity index (χ3v) is 5.67. The molecule has 0 radical (unpaired) electrons. The zero-order valence-corrected chi connectivity index (χ0v) is 18.0. The first kappa shape index (κ1) is 21.1. The Kier molecular flexibility index (Phi) is 5.32. The first-order chi connectivity index (χ1) is 14.6. The Morgan fingerprint density at radius 2 is 1.87 bits per heavy atom. The first-order valence-corrected chi connectivity index (χ1v) is 10.5. The van der Waals surface area contributed by atoms with Crippen LogP contribution in [0.25, 0.3) is 0 Å². The monoisotopic (exact) mass is 429 g/mol. The number of hydrogen-bond donors (Lipinski definition) is 1. The van der Waals surface area contributed by atoms with Crippen molar-refractivity contribution in [3.8, 4) is 0 Å². The highest BCUT2D eigenvalue weighted by Crippen LogP contribution is 2.33. The average molecular weight is 429 g/mol. The number of carbonyl (C=O) groups is 4. The lowest BCUT2D eigenvalue weighted by Gasteiger charge is -2.36. The molecule has 10 heteroatoms. The van der Waals surface area contributed by atoms with E-state index in [0.717, 1.165) is 5.56 Å². The summed E-state index contributed by atoms with van der Waals surface area (Å²) in [5, 5.41) is 2.32. The molecule has 31 heavy (non-hydrogen) atoms. The van der Waals surface area contributed by atoms with Gasteiger partial charge in [-0.2, -0.15) is 0 Å². The molecular formula is C21H27N5O5. The molecule has 0 aromatic carbocycles. The molecule has 4 rings (SSSR count). The molecule has 4 heterocycles. The maximum absolute atomic E-state index is 13.0. The number of aromatic nitrogens is 1. The molecule has 1 atom stereocenters. The number of hydrogen-bond acceptors (Lipinski definition) is 7. The van der Waals surface area contributed by atoms with E-state index in [0.29, 0.717) is 44.0 Å². The number of nitrogens with one attached hydrogen (secondary N) is 1. The lowest BCUT2D eigenvalue weighted by atomic mass is 10.0. The van der Waals surface area contributed by atoms with Gasteiger partial charge in [-0.15, -0.1) is 0 Å². The van der Waals surface area contributed by atoms with E-state index in [1.165, 1.54) is 4.90 Å². The molecule has 10 nitrogen and oxygen atoms in total. The number of fused-ring (bicyclic) bond motifs is 1. The van der Waals surface area contributed by atoms with Gasteiger partial charge in [0.05, 0.1) is 6.54 Å². The Hall–Kier alpha value is -3.17. The van der Waals surface area contributed by atoms with E-state index in [1.807, 2.05) is 20.8 Å². The summed E-state index contributed by atoms with van der Waals surface area (Å²) in [7, 11) is 0. The van der Waals surface area contributed by atoms with Gasteiger partial charge in [-0.05, 0) is 33.3 Å². The van der Waals surface area contributed by atoms with Crippen LogP contribution in [0.15, 0.2) is 12.3 Å². The van der Waals surface area contributed by atoms with Gasteiger partial charge in [0.15, 0.2) is 0 Å². The molecular weight excluding hydrogens is 402 g/mol. The first-order valence-electron chi connectivity index (χ1n) is 10.5. The second kappa shape index (κ2) is 7.82. The average Bonchev–Trinajstić information content (AvgIpc) is 3.03. The number of imide groups is 1.